The van der Waals surface area contributed by atoms with Crippen LogP contribution in [0.5, 0.6) is 5.75 Å². The predicted molar refractivity (Wildman–Crippen MR) is 454 cm³/mol. The van der Waals surface area contributed by atoms with Crippen molar-refractivity contribution >= 4 is 173 Å². The highest BCUT2D eigenvalue weighted by Gasteiger charge is 2.35. The van der Waals surface area contributed by atoms with Gasteiger partial charge in [0.05, 0.1) is 34.2 Å². The van der Waals surface area contributed by atoms with E-state index < -0.39 is 131 Å². The van der Waals surface area contributed by atoms with E-state index in [9.17, 15) is 77.3 Å². The molecule has 0 spiro atoms. The number of primary amides is 3. The molecule has 0 saturated carbocycles. The van der Waals surface area contributed by atoms with Gasteiger partial charge in [-0.05, 0) is 93.3 Å². The summed E-state index contributed by atoms with van der Waals surface area (Å²) in [6, 6.07) is 7.15. The number of esters is 1. The number of thiazole rings is 5. The van der Waals surface area contributed by atoms with E-state index in [2.05, 4.69) is 69.0 Å². The predicted octanol–water partition coefficient (Wildman–Crippen LogP) is 6.11. The molecule has 638 valence electrons. The molecule has 43 heteroatoms. The summed E-state index contributed by atoms with van der Waals surface area (Å²) in [5, 5.41) is 52.1. The van der Waals surface area contributed by atoms with Gasteiger partial charge >= 0.3 is 12.0 Å². The van der Waals surface area contributed by atoms with Crippen LogP contribution in [0.1, 0.15) is 163 Å². The molecule has 37 nitrogen and oxygen atoms in total. The van der Waals surface area contributed by atoms with Gasteiger partial charge in [0.25, 0.3) is 41.4 Å². The number of aromatic nitrogens is 7. The summed E-state index contributed by atoms with van der Waals surface area (Å²) in [5.74, 6) is -9.22. The Bertz CT molecular complexity index is 5610. The molecule has 0 fully saturated rings. The minimum absolute atomic E-state index is 0.0163. The Hall–Kier alpha value is -12.7. The number of allylic oxidation sites excluding steroid dienone is 1. The van der Waals surface area contributed by atoms with E-state index >= 15 is 0 Å². The van der Waals surface area contributed by atoms with Crippen LogP contribution < -0.4 is 64.5 Å². The number of aryl methyl sites for hydroxylation is 2. The highest BCUT2D eigenvalue weighted by Crippen LogP contribution is 2.42. The molecule has 8 bridgehead atoms. The number of aromatic amines is 1. The zero-order valence-corrected chi connectivity index (χ0v) is 70.8. The molecule has 11 rings (SSSR count). The van der Waals surface area contributed by atoms with Crippen LogP contribution in [-0.4, -0.2) is 181 Å². The summed E-state index contributed by atoms with van der Waals surface area (Å²) < 4.78 is 12.3. The Kier molecular flexibility index (Phi) is 30.3. The Labute approximate surface area is 719 Å². The molecule has 17 N–H and O–H groups in total. The molecule has 6 atom stereocenters. The number of ether oxygens (including phenoxy) is 2. The monoisotopic (exact) mass is 1780 g/mol. The minimum atomic E-state index is -1.87. The van der Waals surface area contributed by atoms with Crippen molar-refractivity contribution in [2.24, 2.45) is 23.1 Å². The summed E-state index contributed by atoms with van der Waals surface area (Å²) in [6.45, 7) is 11.2. The molecule has 9 aromatic rings. The van der Waals surface area contributed by atoms with Crippen molar-refractivity contribution in [2.75, 3.05) is 24.2 Å². The number of pyridine rings is 1. The van der Waals surface area contributed by atoms with Crippen LogP contribution in [0.3, 0.4) is 0 Å². The van der Waals surface area contributed by atoms with Gasteiger partial charge in [-0.15, -0.1) is 56.7 Å². The number of nitrogens with two attached hydrogens (primary N) is 3. The first-order valence-electron chi connectivity index (χ1n) is 37.8. The van der Waals surface area contributed by atoms with Crippen molar-refractivity contribution in [1.29, 1.82) is 0 Å². The molecule has 7 aromatic heterocycles. The first-order valence-corrected chi connectivity index (χ1v) is 43.2. The van der Waals surface area contributed by atoms with E-state index in [0.29, 0.717) is 51.9 Å². The molecular formula is C79H83N19O18S6. The molecule has 13 amide bonds. The molecule has 2 aromatic carbocycles. The van der Waals surface area contributed by atoms with Gasteiger partial charge < -0.3 is 84.4 Å². The Balaban J connectivity index is 0.891. The Morgan fingerprint density at radius 1 is 0.762 bits per heavy atom. The first-order chi connectivity index (χ1) is 58.3. The van der Waals surface area contributed by atoms with Gasteiger partial charge in [0.2, 0.25) is 28.7 Å². The van der Waals surface area contributed by atoms with E-state index in [-0.39, 0.29) is 151 Å². The van der Waals surface area contributed by atoms with E-state index in [4.69, 9.17) is 41.6 Å². The number of nitrogens with zero attached hydrogens (tertiary/aromatic N) is 7. The number of fused-ring (bicyclic) bond motifs is 10. The van der Waals surface area contributed by atoms with Gasteiger partial charge in [-0.1, -0.05) is 69.0 Å². The topological polar surface area (TPSA) is 569 Å². The van der Waals surface area contributed by atoms with Crippen LogP contribution in [0, 0.1) is 12.8 Å². The number of urea groups is 1. The number of imide groups is 1. The smallest absolute Gasteiger partial charge is 0.335 e. The summed E-state index contributed by atoms with van der Waals surface area (Å²) in [7, 11) is 0. The van der Waals surface area contributed by atoms with Crippen LogP contribution in [0.15, 0.2) is 106 Å². The van der Waals surface area contributed by atoms with Gasteiger partial charge in [0.1, 0.15) is 97.0 Å². The number of hydrogen-bond acceptors (Lipinski definition) is 30. The lowest BCUT2D eigenvalue weighted by molar-refractivity contribution is -0.155. The zero-order valence-electron chi connectivity index (χ0n) is 65.9. The first kappa shape index (κ1) is 90.1. The van der Waals surface area contributed by atoms with Gasteiger partial charge in [-0.3, -0.25) is 62.4 Å². The van der Waals surface area contributed by atoms with Crippen molar-refractivity contribution < 1.29 is 86.8 Å². The third-order valence-corrected chi connectivity index (χ3v) is 24.2. The van der Waals surface area contributed by atoms with Crippen molar-refractivity contribution in [2.45, 2.75) is 136 Å². The third-order valence-electron chi connectivity index (χ3n) is 18.9. The molecule has 2 aliphatic heterocycles. The summed E-state index contributed by atoms with van der Waals surface area (Å²) in [4.78, 5) is 218. The van der Waals surface area contributed by atoms with Gasteiger partial charge in [0, 0.05) is 99.3 Å². The number of benzene rings is 2. The Morgan fingerprint density at radius 3 is 2.15 bits per heavy atom. The van der Waals surface area contributed by atoms with Crippen molar-refractivity contribution in [3.8, 4) is 38.4 Å². The SMILES string of the molecule is C=C(NC(=O)c1csc(-c2nc3c(cc2OCc2ccc(NC(=O)[C@H](CCCNC(N)=O)NC(=O)[C@@H](NC(=O)CCCCCN4C(=O)C=CC4=O)C(C)C)cc2)-c2nc(cs2)C(=O)N[C@@H]([C@@H](C)O)C(=O)N/C(=C\C)c2nc(cs2)C(=O)N[C@H](c2nc(C(N)=O)cs2)C[C@H](O)C(=O)OCc2cccc4[nH]c(c(C)c24)C(=O)SCCc2nc-3cs2)n1)C(N)=O. The van der Waals surface area contributed by atoms with E-state index in [1.807, 2.05) is 0 Å². The number of aliphatic hydroxyl groups excluding tert-OH is 2. The van der Waals surface area contributed by atoms with Crippen molar-refractivity contribution in [3.05, 3.63) is 166 Å². The third kappa shape index (κ3) is 22.9. The second-order valence-corrected chi connectivity index (χ2v) is 33.5. The van der Waals surface area contributed by atoms with Crippen LogP contribution in [0.4, 0.5) is 10.5 Å². The number of nitrogens with one attached hydrogen (secondary N) is 9. The molecule has 122 heavy (non-hydrogen) atoms. The number of anilines is 1. The molecule has 9 heterocycles. The fourth-order valence-electron chi connectivity index (χ4n) is 12.5. The van der Waals surface area contributed by atoms with E-state index in [0.717, 1.165) is 62.0 Å². The number of aliphatic hydroxyl groups is 2. The lowest BCUT2D eigenvalue weighted by Crippen LogP contribution is -2.54. The maximum Gasteiger partial charge on any atom is 0.335 e. The highest BCUT2D eigenvalue weighted by molar-refractivity contribution is 8.14. The molecule has 0 unspecified atom stereocenters. The normalized spacial score (nSPS) is 16.7. The number of cyclic esters (lactones) is 1. The average molecular weight is 1780 g/mol. The minimum Gasteiger partial charge on any atom is -0.486 e. The molecule has 0 saturated heterocycles. The molecular weight excluding hydrogens is 1700 g/mol. The van der Waals surface area contributed by atoms with Crippen LogP contribution in [-0.2, 0) is 62.7 Å². The van der Waals surface area contributed by atoms with Gasteiger partial charge in [-0.2, -0.15) is 0 Å². The molecule has 2 aliphatic rings. The number of carbonyl (C=O) groups is 14. The van der Waals surface area contributed by atoms with E-state index in [1.165, 1.54) is 58.0 Å². The fourth-order valence-corrected chi connectivity index (χ4v) is 17.5. The number of H-pyrrole nitrogens is 1. The largest absolute Gasteiger partial charge is 0.486 e. The Morgan fingerprint density at radius 2 is 1.46 bits per heavy atom. The number of unbranched alkanes of at least 4 members (excludes halogenated alkanes) is 2. The number of carbonyl (C=O) groups excluding carboxylic acids is 14. The molecule has 0 aliphatic carbocycles. The lowest BCUT2D eigenvalue weighted by Gasteiger charge is -2.25. The maximum absolute atomic E-state index is 14.5. The second kappa shape index (κ2) is 41.1. The average Bonchev–Trinajstić information content (AvgIpc) is 1.51. The summed E-state index contributed by atoms with van der Waals surface area (Å²) >= 11 is 6.04. The van der Waals surface area contributed by atoms with Crippen molar-refractivity contribution in [3.63, 3.8) is 0 Å². The van der Waals surface area contributed by atoms with Crippen LogP contribution in [0.25, 0.3) is 49.3 Å². The number of rotatable bonds is 26. The summed E-state index contributed by atoms with van der Waals surface area (Å²) in [5.41, 5.74) is 18.4. The van der Waals surface area contributed by atoms with Gasteiger partial charge in [0.15, 0.2) is 6.10 Å². The zero-order chi connectivity index (χ0) is 87.8. The standard InChI is InChI=1S/C79H83N19O18S6/c1-7-44-74-93-51(34-121-74)69(108)90-47(75-91-49(32-120-75)66(81)105)28-53(100)77(112)116-30-41-13-11-14-45-59(41)37(4)61(87-45)78(113)117-26-23-56-86-48(31-118-56)63-43(73-92-52(33-119-73)70(109)97-62(39(6)99)72(111)88-44)27-54(64(96-63)76-94-50(35-122-76)68(107)84-38(5)65(80)104)115-29-40-17-19-42(20-18-40)85-67(106)46(15-12-24-83-79(82)114)89-71(110)60(36(2)3)95-55(101)16-9-8-10-25-98-57(102)21-22-58(98)103/h7,11,13-14,17-22,27,31-36,39,46-47,53,60,62,87,99-100H,5,8-10,12,15-16,23-26,28-30H2,1-4,6H3,(H2,80,104)(H2,81,105)(H,84,107)(H,85,106)(H,88,111)(H,89,110)(H,90,108)(H,95,101)(H,97,109)(H3,82,83,114)/b44-7-/t39-,46+,47+,53+,60+,62+/m1/s1. The van der Waals surface area contributed by atoms with Crippen LogP contribution >= 0.6 is 68.4 Å². The van der Waals surface area contributed by atoms with Crippen molar-refractivity contribution in [1.82, 2.24) is 77.0 Å². The van der Waals surface area contributed by atoms with Gasteiger partial charge in [-0.25, -0.2) is 39.5 Å². The lowest BCUT2D eigenvalue weighted by atomic mass is 10.0. The highest BCUT2D eigenvalue weighted by atomic mass is 32.2. The molecule has 0 radical (unpaired) electrons. The second-order valence-electron chi connectivity index (χ2n) is 28.1. The van der Waals surface area contributed by atoms with E-state index in [1.54, 1.807) is 81.6 Å². The number of thioether (sulfide) groups is 1. The number of hydrogen-bond donors (Lipinski definition) is 14. The maximum atomic E-state index is 14.5. The fraction of sp³-hybridized carbons (Fsp3) is 0.316. The summed E-state index contributed by atoms with van der Waals surface area (Å²) in [6.07, 6.45) is 1.80. The van der Waals surface area contributed by atoms with Crippen LogP contribution in [0.2, 0.25) is 0 Å². The quantitative estimate of drug-likeness (QED) is 0.0126. The number of amides is 13.